The third-order valence-electron chi connectivity index (χ3n) is 5.13. The SMILES string of the molecule is Cc1ccc(-c2nc(C3CC(=O)N(Cc4ccc(F)c(Cl)c4)C3)no2)cc1C. The van der Waals surface area contributed by atoms with Gasteiger partial charge in [-0.1, -0.05) is 28.9 Å². The number of hydrogen-bond donors (Lipinski definition) is 0. The third kappa shape index (κ3) is 3.64. The Hall–Kier alpha value is -2.73. The second-order valence-electron chi connectivity index (χ2n) is 7.18. The zero-order valence-corrected chi connectivity index (χ0v) is 16.3. The van der Waals surface area contributed by atoms with Gasteiger partial charge in [0.15, 0.2) is 5.82 Å². The highest BCUT2D eigenvalue weighted by Crippen LogP contribution is 2.30. The summed E-state index contributed by atoms with van der Waals surface area (Å²) in [6, 6.07) is 10.5. The normalized spacial score (nSPS) is 16.8. The molecule has 0 N–H and O–H groups in total. The maximum absolute atomic E-state index is 13.3. The van der Waals surface area contributed by atoms with Crippen LogP contribution in [-0.2, 0) is 11.3 Å². The monoisotopic (exact) mass is 399 g/mol. The fourth-order valence-electron chi connectivity index (χ4n) is 3.35. The van der Waals surface area contributed by atoms with E-state index in [9.17, 15) is 9.18 Å². The van der Waals surface area contributed by atoms with Crippen LogP contribution in [0, 0.1) is 19.7 Å². The summed E-state index contributed by atoms with van der Waals surface area (Å²) in [6.45, 7) is 4.94. The van der Waals surface area contributed by atoms with Crippen LogP contribution in [-0.4, -0.2) is 27.5 Å². The lowest BCUT2D eigenvalue weighted by Crippen LogP contribution is -2.24. The number of carbonyl (C=O) groups excluding carboxylic acids is 1. The highest BCUT2D eigenvalue weighted by molar-refractivity contribution is 6.30. The van der Waals surface area contributed by atoms with Crippen LogP contribution in [0.3, 0.4) is 0 Å². The molecule has 1 unspecified atom stereocenters. The topological polar surface area (TPSA) is 59.2 Å². The van der Waals surface area contributed by atoms with Gasteiger partial charge in [0, 0.05) is 31.0 Å². The number of aryl methyl sites for hydroxylation is 2. The molecule has 1 aromatic heterocycles. The molecule has 4 rings (SSSR count). The zero-order chi connectivity index (χ0) is 19.8. The van der Waals surface area contributed by atoms with Crippen LogP contribution in [0.25, 0.3) is 11.5 Å². The number of amides is 1. The van der Waals surface area contributed by atoms with Gasteiger partial charge in [-0.3, -0.25) is 4.79 Å². The molecule has 0 radical (unpaired) electrons. The predicted molar refractivity (Wildman–Crippen MR) is 103 cm³/mol. The van der Waals surface area contributed by atoms with Gasteiger partial charge < -0.3 is 9.42 Å². The van der Waals surface area contributed by atoms with Gasteiger partial charge in [-0.05, 0) is 54.8 Å². The number of aromatic nitrogens is 2. The fourth-order valence-corrected chi connectivity index (χ4v) is 3.55. The second-order valence-corrected chi connectivity index (χ2v) is 7.59. The van der Waals surface area contributed by atoms with E-state index in [1.54, 1.807) is 17.0 Å². The minimum Gasteiger partial charge on any atom is -0.338 e. The molecular weight excluding hydrogens is 381 g/mol. The smallest absolute Gasteiger partial charge is 0.257 e. The molecule has 0 aliphatic carbocycles. The van der Waals surface area contributed by atoms with Crippen LogP contribution in [0.4, 0.5) is 4.39 Å². The van der Waals surface area contributed by atoms with Crippen molar-refractivity contribution in [1.82, 2.24) is 15.0 Å². The molecule has 1 fully saturated rings. The Morgan fingerprint density at radius 3 is 2.79 bits per heavy atom. The number of rotatable bonds is 4. The van der Waals surface area contributed by atoms with Gasteiger partial charge in [0.1, 0.15) is 5.82 Å². The van der Waals surface area contributed by atoms with Gasteiger partial charge in [0.2, 0.25) is 5.91 Å². The lowest BCUT2D eigenvalue weighted by atomic mass is 10.1. The summed E-state index contributed by atoms with van der Waals surface area (Å²) in [5.41, 5.74) is 3.99. The lowest BCUT2D eigenvalue weighted by Gasteiger charge is -2.16. The number of benzene rings is 2. The van der Waals surface area contributed by atoms with Crippen molar-refractivity contribution in [2.45, 2.75) is 32.7 Å². The van der Waals surface area contributed by atoms with Crippen LogP contribution in [0.1, 0.15) is 34.9 Å². The number of nitrogens with zero attached hydrogens (tertiary/aromatic N) is 3. The first-order valence-corrected chi connectivity index (χ1v) is 9.41. The average molecular weight is 400 g/mol. The molecule has 144 valence electrons. The molecule has 3 aromatic rings. The molecule has 1 saturated heterocycles. The fraction of sp³-hybridized carbons (Fsp3) is 0.286. The molecule has 2 heterocycles. The van der Waals surface area contributed by atoms with Crippen LogP contribution >= 0.6 is 11.6 Å². The van der Waals surface area contributed by atoms with Gasteiger partial charge in [-0.15, -0.1) is 0 Å². The van der Waals surface area contributed by atoms with Crippen LogP contribution in [0.15, 0.2) is 40.9 Å². The maximum atomic E-state index is 13.3. The molecule has 1 amide bonds. The van der Waals surface area contributed by atoms with Crippen molar-refractivity contribution in [2.24, 2.45) is 0 Å². The quantitative estimate of drug-likeness (QED) is 0.640. The van der Waals surface area contributed by atoms with Gasteiger partial charge in [0.05, 0.1) is 5.02 Å². The molecule has 1 aliphatic heterocycles. The minimum atomic E-state index is -0.471. The highest BCUT2D eigenvalue weighted by atomic mass is 35.5. The van der Waals surface area contributed by atoms with E-state index in [4.69, 9.17) is 16.1 Å². The van der Waals surface area contributed by atoms with Crippen molar-refractivity contribution in [3.05, 3.63) is 69.8 Å². The van der Waals surface area contributed by atoms with E-state index >= 15 is 0 Å². The maximum Gasteiger partial charge on any atom is 0.257 e. The first-order valence-electron chi connectivity index (χ1n) is 9.03. The average Bonchev–Trinajstić information content (AvgIpc) is 3.28. The predicted octanol–water partition coefficient (Wildman–Crippen LogP) is 4.66. The van der Waals surface area contributed by atoms with Gasteiger partial charge in [-0.2, -0.15) is 4.98 Å². The van der Waals surface area contributed by atoms with Crippen molar-refractivity contribution in [3.8, 4) is 11.5 Å². The first-order chi connectivity index (χ1) is 13.4. The summed E-state index contributed by atoms with van der Waals surface area (Å²) in [7, 11) is 0. The lowest BCUT2D eigenvalue weighted by molar-refractivity contribution is -0.128. The van der Waals surface area contributed by atoms with Crippen LogP contribution in [0.5, 0.6) is 0 Å². The molecule has 0 spiro atoms. The van der Waals surface area contributed by atoms with Crippen molar-refractivity contribution in [3.63, 3.8) is 0 Å². The van der Waals surface area contributed by atoms with E-state index < -0.39 is 5.82 Å². The number of likely N-dealkylation sites (tertiary alicyclic amines) is 1. The molecule has 1 aliphatic rings. The number of carbonyl (C=O) groups is 1. The minimum absolute atomic E-state index is 0.00276. The van der Waals surface area contributed by atoms with Crippen molar-refractivity contribution in [2.75, 3.05) is 6.54 Å². The van der Waals surface area contributed by atoms with E-state index in [0.29, 0.717) is 31.2 Å². The van der Waals surface area contributed by atoms with Crippen molar-refractivity contribution >= 4 is 17.5 Å². The molecule has 7 heteroatoms. The first kappa shape index (κ1) is 18.6. The standard InChI is InChI=1S/C21H19ClFN3O2/c1-12-3-5-15(7-13(12)2)21-24-20(25-28-21)16-9-19(27)26(11-16)10-14-4-6-18(23)17(22)8-14/h3-8,16H,9-11H2,1-2H3. The summed E-state index contributed by atoms with van der Waals surface area (Å²) in [6.07, 6.45) is 0.320. The Labute approximate surface area is 167 Å². The van der Waals surface area contributed by atoms with E-state index in [2.05, 4.69) is 10.1 Å². The molecule has 5 nitrogen and oxygen atoms in total. The summed E-state index contributed by atoms with van der Waals surface area (Å²) in [5.74, 6) is 0.382. The Bertz CT molecular complexity index is 1050. The van der Waals surface area contributed by atoms with Gasteiger partial charge in [-0.25, -0.2) is 4.39 Å². The molecule has 0 saturated carbocycles. The Morgan fingerprint density at radius 2 is 2.04 bits per heavy atom. The Balaban J connectivity index is 1.48. The summed E-state index contributed by atoms with van der Waals surface area (Å²) < 4.78 is 18.7. The molecular formula is C21H19ClFN3O2. The third-order valence-corrected chi connectivity index (χ3v) is 5.42. The van der Waals surface area contributed by atoms with E-state index in [-0.39, 0.29) is 16.8 Å². The summed E-state index contributed by atoms with van der Waals surface area (Å²) >= 11 is 5.83. The van der Waals surface area contributed by atoms with E-state index in [1.165, 1.54) is 11.6 Å². The van der Waals surface area contributed by atoms with E-state index in [0.717, 1.165) is 16.7 Å². The zero-order valence-electron chi connectivity index (χ0n) is 15.6. The number of halogens is 2. The molecule has 1 atom stereocenters. The molecule has 2 aromatic carbocycles. The second kappa shape index (κ2) is 7.36. The van der Waals surface area contributed by atoms with Crippen molar-refractivity contribution < 1.29 is 13.7 Å². The van der Waals surface area contributed by atoms with E-state index in [1.807, 2.05) is 32.0 Å². The van der Waals surface area contributed by atoms with Crippen LogP contribution in [0.2, 0.25) is 5.02 Å². The highest BCUT2D eigenvalue weighted by Gasteiger charge is 2.33. The molecule has 0 bridgehead atoms. The van der Waals surface area contributed by atoms with Gasteiger partial charge >= 0.3 is 0 Å². The number of hydrogen-bond acceptors (Lipinski definition) is 4. The van der Waals surface area contributed by atoms with Crippen LogP contribution < -0.4 is 0 Å². The Kier molecular flexibility index (Phi) is 4.89. The Morgan fingerprint density at radius 1 is 1.21 bits per heavy atom. The largest absolute Gasteiger partial charge is 0.338 e. The molecule has 28 heavy (non-hydrogen) atoms. The van der Waals surface area contributed by atoms with Crippen molar-refractivity contribution in [1.29, 1.82) is 0 Å². The van der Waals surface area contributed by atoms with Gasteiger partial charge in [0.25, 0.3) is 5.89 Å². The summed E-state index contributed by atoms with van der Waals surface area (Å²) in [4.78, 5) is 18.6. The summed E-state index contributed by atoms with van der Waals surface area (Å²) in [5, 5.41) is 4.15.